The molecule has 3 aromatic rings. The number of thioether (sulfide) groups is 1. The molecule has 0 spiro atoms. The molecule has 28 heavy (non-hydrogen) atoms. The van der Waals surface area contributed by atoms with Crippen LogP contribution in [0.5, 0.6) is 0 Å². The maximum Gasteiger partial charge on any atom is 0.275 e. The number of nitrogen functional groups attached to an aromatic ring is 1. The van der Waals surface area contributed by atoms with Crippen LogP contribution in [0, 0.1) is 6.92 Å². The molecule has 3 rings (SSSR count). The molecular formula is C19H21N5O3S. The lowest BCUT2D eigenvalue weighted by molar-refractivity contribution is -0.115. The highest BCUT2D eigenvalue weighted by molar-refractivity contribution is 8.00. The van der Waals surface area contributed by atoms with Gasteiger partial charge in [0.2, 0.25) is 5.91 Å². The molecule has 0 fully saturated rings. The number of nitrogens with zero attached hydrogens (tertiary/aromatic N) is 3. The van der Waals surface area contributed by atoms with Crippen molar-refractivity contribution in [3.8, 4) is 0 Å². The topological polar surface area (TPSA) is 116 Å². The molecule has 0 aliphatic carbocycles. The zero-order chi connectivity index (χ0) is 20.1. The van der Waals surface area contributed by atoms with Gasteiger partial charge in [0.1, 0.15) is 11.6 Å². The standard InChI is InChI=1S/C19H21N5O3S/c1-12-10-16(23-27-12)21-18(26)13(2)28-19-22-17(25)11-15(20)24(19)9-8-14-6-4-3-5-7-14/h3-7,10-11,13H,8-9,20H2,1-2H3,(H,21,23,26). The van der Waals surface area contributed by atoms with Gasteiger partial charge in [0.25, 0.3) is 5.56 Å². The van der Waals surface area contributed by atoms with Gasteiger partial charge in [0.05, 0.1) is 5.25 Å². The van der Waals surface area contributed by atoms with Crippen LogP contribution in [-0.4, -0.2) is 25.9 Å². The fourth-order valence-electron chi connectivity index (χ4n) is 2.57. The van der Waals surface area contributed by atoms with E-state index in [1.165, 1.54) is 17.8 Å². The molecule has 0 aliphatic rings. The number of benzene rings is 1. The third-order valence-electron chi connectivity index (χ3n) is 4.02. The maximum absolute atomic E-state index is 12.4. The van der Waals surface area contributed by atoms with Crippen molar-refractivity contribution in [3.63, 3.8) is 0 Å². The monoisotopic (exact) mass is 399 g/mol. The Labute approximate surface area is 166 Å². The smallest absolute Gasteiger partial charge is 0.275 e. The zero-order valence-electron chi connectivity index (χ0n) is 15.6. The average Bonchev–Trinajstić information content (AvgIpc) is 3.06. The van der Waals surface area contributed by atoms with E-state index >= 15 is 0 Å². The Morgan fingerprint density at radius 2 is 2.07 bits per heavy atom. The molecular weight excluding hydrogens is 378 g/mol. The van der Waals surface area contributed by atoms with Crippen LogP contribution in [0.15, 0.2) is 56.9 Å². The summed E-state index contributed by atoms with van der Waals surface area (Å²) in [5.41, 5.74) is 6.76. The van der Waals surface area contributed by atoms with E-state index in [1.54, 1.807) is 24.5 Å². The summed E-state index contributed by atoms with van der Waals surface area (Å²) in [5.74, 6) is 0.988. The minimum Gasteiger partial charge on any atom is -0.385 e. The number of anilines is 2. The second kappa shape index (κ2) is 8.75. The van der Waals surface area contributed by atoms with Crippen molar-refractivity contribution >= 4 is 29.3 Å². The van der Waals surface area contributed by atoms with Crippen molar-refractivity contribution in [2.75, 3.05) is 11.1 Å². The van der Waals surface area contributed by atoms with Crippen molar-refractivity contribution in [2.24, 2.45) is 0 Å². The highest BCUT2D eigenvalue weighted by Crippen LogP contribution is 2.24. The quantitative estimate of drug-likeness (QED) is 0.463. The van der Waals surface area contributed by atoms with Crippen LogP contribution < -0.4 is 16.6 Å². The first-order chi connectivity index (χ1) is 13.4. The van der Waals surface area contributed by atoms with Gasteiger partial charge in [-0.3, -0.25) is 9.59 Å². The predicted octanol–water partition coefficient (Wildman–Crippen LogP) is 2.48. The summed E-state index contributed by atoms with van der Waals surface area (Å²) in [6, 6.07) is 12.9. The molecule has 0 saturated heterocycles. The van der Waals surface area contributed by atoms with E-state index in [0.717, 1.165) is 12.0 Å². The van der Waals surface area contributed by atoms with Gasteiger partial charge in [0.15, 0.2) is 11.0 Å². The summed E-state index contributed by atoms with van der Waals surface area (Å²) < 4.78 is 6.70. The lowest BCUT2D eigenvalue weighted by Crippen LogP contribution is -2.25. The molecule has 8 nitrogen and oxygen atoms in total. The number of nitrogens with two attached hydrogens (primary N) is 1. The van der Waals surface area contributed by atoms with E-state index < -0.39 is 10.8 Å². The molecule has 0 aliphatic heterocycles. The second-order valence-corrected chi connectivity index (χ2v) is 7.57. The minimum atomic E-state index is -0.520. The van der Waals surface area contributed by atoms with Crippen LogP contribution >= 0.6 is 11.8 Å². The summed E-state index contributed by atoms with van der Waals surface area (Å²) in [6.07, 6.45) is 0.724. The van der Waals surface area contributed by atoms with Crippen molar-refractivity contribution in [1.29, 1.82) is 0 Å². The maximum atomic E-state index is 12.4. The Kier molecular flexibility index (Phi) is 6.15. The first-order valence-electron chi connectivity index (χ1n) is 8.74. The molecule has 3 N–H and O–H groups in total. The van der Waals surface area contributed by atoms with Crippen LogP contribution in [0.3, 0.4) is 0 Å². The normalized spacial score (nSPS) is 11.9. The summed E-state index contributed by atoms with van der Waals surface area (Å²) in [6.45, 7) is 4.01. The van der Waals surface area contributed by atoms with Gasteiger partial charge in [-0.1, -0.05) is 47.3 Å². The molecule has 146 valence electrons. The number of rotatable bonds is 7. The molecule has 2 aromatic heterocycles. The molecule has 0 saturated carbocycles. The molecule has 9 heteroatoms. The van der Waals surface area contributed by atoms with Crippen LogP contribution in [0.1, 0.15) is 18.2 Å². The summed E-state index contributed by atoms with van der Waals surface area (Å²) in [5, 5.41) is 6.31. The number of hydrogen-bond donors (Lipinski definition) is 2. The van der Waals surface area contributed by atoms with E-state index in [2.05, 4.69) is 15.5 Å². The predicted molar refractivity (Wildman–Crippen MR) is 108 cm³/mol. The molecule has 1 atom stereocenters. The Morgan fingerprint density at radius 1 is 1.32 bits per heavy atom. The second-order valence-electron chi connectivity index (χ2n) is 6.26. The third-order valence-corrected chi connectivity index (χ3v) is 5.11. The SMILES string of the molecule is Cc1cc(NC(=O)C(C)Sc2nc(=O)cc(N)n2CCc2ccccc2)no1. The Morgan fingerprint density at radius 3 is 2.75 bits per heavy atom. The van der Waals surface area contributed by atoms with E-state index in [1.807, 2.05) is 30.3 Å². The van der Waals surface area contributed by atoms with E-state index in [9.17, 15) is 9.59 Å². The first-order valence-corrected chi connectivity index (χ1v) is 9.62. The van der Waals surface area contributed by atoms with Gasteiger partial charge in [-0.15, -0.1) is 0 Å². The molecule has 1 unspecified atom stereocenters. The zero-order valence-corrected chi connectivity index (χ0v) is 16.4. The Balaban J connectivity index is 1.74. The highest BCUT2D eigenvalue weighted by Gasteiger charge is 2.19. The van der Waals surface area contributed by atoms with Gasteiger partial charge >= 0.3 is 0 Å². The molecule has 0 bridgehead atoms. The molecule has 1 amide bonds. The number of hydrogen-bond acceptors (Lipinski definition) is 7. The Bertz CT molecular complexity index is 1020. The van der Waals surface area contributed by atoms with E-state index in [4.69, 9.17) is 10.3 Å². The van der Waals surface area contributed by atoms with Crippen LogP contribution in [0.25, 0.3) is 0 Å². The summed E-state index contributed by atoms with van der Waals surface area (Å²) >= 11 is 1.17. The average molecular weight is 399 g/mol. The molecule has 0 radical (unpaired) electrons. The van der Waals surface area contributed by atoms with E-state index in [-0.39, 0.29) is 5.91 Å². The number of amides is 1. The fourth-order valence-corrected chi connectivity index (χ4v) is 3.52. The number of carbonyl (C=O) groups excluding carboxylic acids is 1. The summed E-state index contributed by atoms with van der Waals surface area (Å²) in [7, 11) is 0. The first kappa shape index (κ1) is 19.7. The van der Waals surface area contributed by atoms with Gasteiger partial charge in [-0.05, 0) is 25.8 Å². The van der Waals surface area contributed by atoms with Gasteiger partial charge < -0.3 is 20.1 Å². The van der Waals surface area contributed by atoms with Crippen LogP contribution in [-0.2, 0) is 17.8 Å². The lowest BCUT2D eigenvalue weighted by Gasteiger charge is -2.17. The minimum absolute atomic E-state index is 0.274. The van der Waals surface area contributed by atoms with Crippen molar-refractivity contribution < 1.29 is 9.32 Å². The molecule has 1 aromatic carbocycles. The van der Waals surface area contributed by atoms with Gasteiger partial charge in [-0.2, -0.15) is 4.98 Å². The number of aromatic nitrogens is 3. The van der Waals surface area contributed by atoms with Crippen molar-refractivity contribution in [3.05, 3.63) is 64.1 Å². The number of aryl methyl sites for hydroxylation is 2. The van der Waals surface area contributed by atoms with Gasteiger partial charge in [0, 0.05) is 18.7 Å². The largest absolute Gasteiger partial charge is 0.385 e. The van der Waals surface area contributed by atoms with Crippen molar-refractivity contribution in [2.45, 2.75) is 37.2 Å². The van der Waals surface area contributed by atoms with Crippen LogP contribution in [0.4, 0.5) is 11.6 Å². The Hall–Kier alpha value is -3.07. The lowest BCUT2D eigenvalue weighted by atomic mass is 10.1. The highest BCUT2D eigenvalue weighted by atomic mass is 32.2. The summed E-state index contributed by atoms with van der Waals surface area (Å²) in [4.78, 5) is 28.3. The molecule has 2 heterocycles. The van der Waals surface area contributed by atoms with Crippen molar-refractivity contribution in [1.82, 2.24) is 14.7 Å². The number of carbonyl (C=O) groups is 1. The number of nitrogens with one attached hydrogen (secondary N) is 1. The van der Waals surface area contributed by atoms with Crippen LogP contribution in [0.2, 0.25) is 0 Å². The van der Waals surface area contributed by atoms with Gasteiger partial charge in [-0.25, -0.2) is 0 Å². The fraction of sp³-hybridized carbons (Fsp3) is 0.263. The van der Waals surface area contributed by atoms with E-state index in [0.29, 0.717) is 29.1 Å². The third kappa shape index (κ3) is 5.01.